The summed E-state index contributed by atoms with van der Waals surface area (Å²) in [6, 6.07) is -0.438. The third-order valence-electron chi connectivity index (χ3n) is 4.12. The van der Waals surface area contributed by atoms with E-state index in [0.29, 0.717) is 6.61 Å². The molecule has 2 N–H and O–H groups in total. The van der Waals surface area contributed by atoms with Crippen molar-refractivity contribution in [3.63, 3.8) is 0 Å². The second kappa shape index (κ2) is 17.5. The smallest absolute Gasteiger partial charge is 0.322 e. The summed E-state index contributed by atoms with van der Waals surface area (Å²) in [6.07, 6.45) is 20.7. The van der Waals surface area contributed by atoms with E-state index in [1.165, 1.54) is 64.2 Å². The number of hydrogen-bond donors (Lipinski definition) is 1. The summed E-state index contributed by atoms with van der Waals surface area (Å²) in [6.45, 7) is 4.49. The van der Waals surface area contributed by atoms with E-state index in [4.69, 9.17) is 10.5 Å². The number of allylic oxidation sites excluding steroid dienone is 2. The maximum absolute atomic E-state index is 11.4. The van der Waals surface area contributed by atoms with Crippen LogP contribution < -0.4 is 5.73 Å². The van der Waals surface area contributed by atoms with Gasteiger partial charge in [-0.2, -0.15) is 0 Å². The Bertz CT molecular complexity index is 289. The minimum Gasteiger partial charge on any atom is -0.465 e. The highest BCUT2D eigenvalue weighted by Crippen LogP contribution is 2.10. The molecule has 23 heavy (non-hydrogen) atoms. The molecule has 0 saturated heterocycles. The van der Waals surface area contributed by atoms with Gasteiger partial charge in [-0.25, -0.2) is 0 Å². The molecule has 0 spiro atoms. The van der Waals surface area contributed by atoms with Crippen molar-refractivity contribution in [3.05, 3.63) is 12.2 Å². The summed E-state index contributed by atoms with van der Waals surface area (Å²) >= 11 is 0. The lowest BCUT2D eigenvalue weighted by atomic mass is 10.1. The average molecular weight is 326 g/mol. The van der Waals surface area contributed by atoms with Gasteiger partial charge in [-0.1, -0.05) is 70.4 Å². The number of esters is 1. The third kappa shape index (κ3) is 15.8. The standard InChI is InChI=1S/C20H39NO2/c1-3-5-6-7-8-9-10-11-12-13-14-15-16-17-18-19(21)20(22)23-4-2/h11-12,19H,3-10,13-18,21H2,1-2H3/b12-11-. The number of carbonyl (C=O) groups is 1. The summed E-state index contributed by atoms with van der Waals surface area (Å²) in [5, 5.41) is 0. The van der Waals surface area contributed by atoms with Crippen LogP contribution in [0.5, 0.6) is 0 Å². The lowest BCUT2D eigenvalue weighted by molar-refractivity contribution is -0.144. The fraction of sp³-hybridized carbons (Fsp3) is 0.850. The van der Waals surface area contributed by atoms with Crippen LogP contribution in [0.2, 0.25) is 0 Å². The summed E-state index contributed by atoms with van der Waals surface area (Å²) in [5.41, 5.74) is 5.76. The molecule has 0 rings (SSSR count). The molecular formula is C20H39NO2. The van der Waals surface area contributed by atoms with Gasteiger partial charge in [0.15, 0.2) is 0 Å². The molecule has 0 aliphatic carbocycles. The summed E-state index contributed by atoms with van der Waals surface area (Å²) < 4.78 is 4.90. The first-order valence-electron chi connectivity index (χ1n) is 9.79. The molecule has 3 nitrogen and oxygen atoms in total. The lowest BCUT2D eigenvalue weighted by Crippen LogP contribution is -2.32. The van der Waals surface area contributed by atoms with Crippen molar-refractivity contribution in [3.8, 4) is 0 Å². The Hall–Kier alpha value is -0.830. The Balaban J connectivity index is 3.26. The molecule has 0 aliphatic rings. The van der Waals surface area contributed by atoms with Crippen molar-refractivity contribution < 1.29 is 9.53 Å². The Kier molecular flexibility index (Phi) is 16.9. The second-order valence-corrected chi connectivity index (χ2v) is 6.38. The average Bonchev–Trinajstić information content (AvgIpc) is 2.55. The molecule has 1 unspecified atom stereocenters. The van der Waals surface area contributed by atoms with Gasteiger partial charge < -0.3 is 10.5 Å². The van der Waals surface area contributed by atoms with Crippen molar-refractivity contribution >= 4 is 5.97 Å². The van der Waals surface area contributed by atoms with E-state index in [9.17, 15) is 4.79 Å². The van der Waals surface area contributed by atoms with Crippen LogP contribution in [0, 0.1) is 0 Å². The first-order valence-corrected chi connectivity index (χ1v) is 9.79. The highest BCUT2D eigenvalue weighted by molar-refractivity contribution is 5.75. The number of nitrogens with two attached hydrogens (primary N) is 1. The topological polar surface area (TPSA) is 52.3 Å². The molecular weight excluding hydrogens is 286 g/mol. The predicted octanol–water partition coefficient (Wildman–Crippen LogP) is 5.52. The van der Waals surface area contributed by atoms with E-state index in [1.54, 1.807) is 0 Å². The van der Waals surface area contributed by atoms with Gasteiger partial charge in [-0.15, -0.1) is 0 Å². The molecule has 0 fully saturated rings. The van der Waals surface area contributed by atoms with Gasteiger partial charge >= 0.3 is 5.97 Å². The van der Waals surface area contributed by atoms with E-state index in [-0.39, 0.29) is 5.97 Å². The first kappa shape index (κ1) is 22.2. The highest BCUT2D eigenvalue weighted by atomic mass is 16.5. The third-order valence-corrected chi connectivity index (χ3v) is 4.12. The van der Waals surface area contributed by atoms with Gasteiger partial charge in [0.05, 0.1) is 6.61 Å². The molecule has 0 aromatic carbocycles. The van der Waals surface area contributed by atoms with Crippen LogP contribution in [-0.4, -0.2) is 18.6 Å². The summed E-state index contributed by atoms with van der Waals surface area (Å²) in [4.78, 5) is 11.4. The minimum absolute atomic E-state index is 0.259. The molecule has 0 aromatic rings. The van der Waals surface area contributed by atoms with E-state index in [1.807, 2.05) is 6.92 Å². The molecule has 0 aromatic heterocycles. The largest absolute Gasteiger partial charge is 0.465 e. The Morgan fingerprint density at radius 2 is 1.39 bits per heavy atom. The zero-order valence-electron chi connectivity index (χ0n) is 15.5. The van der Waals surface area contributed by atoms with E-state index >= 15 is 0 Å². The van der Waals surface area contributed by atoms with Crippen molar-refractivity contribution in [2.45, 2.75) is 103 Å². The molecule has 0 saturated carbocycles. The molecule has 3 heteroatoms. The van der Waals surface area contributed by atoms with E-state index < -0.39 is 6.04 Å². The van der Waals surface area contributed by atoms with Gasteiger partial charge in [0, 0.05) is 0 Å². The van der Waals surface area contributed by atoms with Crippen LogP contribution in [0.3, 0.4) is 0 Å². The fourth-order valence-corrected chi connectivity index (χ4v) is 2.63. The van der Waals surface area contributed by atoms with Gasteiger partial charge in [-0.05, 0) is 39.0 Å². The molecule has 0 amide bonds. The molecule has 0 aliphatic heterocycles. The van der Waals surface area contributed by atoms with Crippen LogP contribution in [0.1, 0.15) is 97.3 Å². The number of unbranched alkanes of at least 4 members (excludes halogenated alkanes) is 10. The van der Waals surface area contributed by atoms with Crippen LogP contribution >= 0.6 is 0 Å². The zero-order valence-corrected chi connectivity index (χ0v) is 15.5. The molecule has 0 heterocycles. The maximum Gasteiger partial charge on any atom is 0.322 e. The van der Waals surface area contributed by atoms with Crippen LogP contribution in [-0.2, 0) is 9.53 Å². The minimum atomic E-state index is -0.438. The van der Waals surface area contributed by atoms with Gasteiger partial charge in [0.25, 0.3) is 0 Å². The first-order chi connectivity index (χ1) is 11.2. The van der Waals surface area contributed by atoms with E-state index in [2.05, 4.69) is 19.1 Å². The number of rotatable bonds is 16. The Labute approximate surface area is 144 Å². The predicted molar refractivity (Wildman–Crippen MR) is 99.4 cm³/mol. The van der Waals surface area contributed by atoms with E-state index in [0.717, 1.165) is 19.3 Å². The molecule has 0 bridgehead atoms. The lowest BCUT2D eigenvalue weighted by Gasteiger charge is -2.09. The van der Waals surface area contributed by atoms with Crippen LogP contribution in [0.15, 0.2) is 12.2 Å². The van der Waals surface area contributed by atoms with Gasteiger partial charge in [-0.3, -0.25) is 4.79 Å². The van der Waals surface area contributed by atoms with Gasteiger partial charge in [0.2, 0.25) is 0 Å². The van der Waals surface area contributed by atoms with Crippen molar-refractivity contribution in [2.75, 3.05) is 6.61 Å². The maximum atomic E-state index is 11.4. The van der Waals surface area contributed by atoms with Crippen LogP contribution in [0.25, 0.3) is 0 Å². The highest BCUT2D eigenvalue weighted by Gasteiger charge is 2.13. The van der Waals surface area contributed by atoms with Crippen LogP contribution in [0.4, 0.5) is 0 Å². The van der Waals surface area contributed by atoms with Crippen molar-refractivity contribution in [1.29, 1.82) is 0 Å². The molecule has 1 atom stereocenters. The number of carbonyl (C=O) groups excluding carboxylic acids is 1. The summed E-state index contributed by atoms with van der Waals surface area (Å²) in [5.74, 6) is -0.259. The SMILES string of the molecule is CCCCCCCC/C=C\CCCCCCC(N)C(=O)OCC. The monoisotopic (exact) mass is 325 g/mol. The zero-order chi connectivity index (χ0) is 17.2. The Morgan fingerprint density at radius 1 is 0.870 bits per heavy atom. The normalized spacial score (nSPS) is 12.7. The second-order valence-electron chi connectivity index (χ2n) is 6.38. The quantitative estimate of drug-likeness (QED) is 0.231. The number of ether oxygens (including phenoxy) is 1. The Morgan fingerprint density at radius 3 is 1.96 bits per heavy atom. The fourth-order valence-electron chi connectivity index (χ4n) is 2.63. The van der Waals surface area contributed by atoms with Crippen molar-refractivity contribution in [2.24, 2.45) is 5.73 Å². The van der Waals surface area contributed by atoms with Gasteiger partial charge in [0.1, 0.15) is 6.04 Å². The van der Waals surface area contributed by atoms with Crippen molar-refractivity contribution in [1.82, 2.24) is 0 Å². The molecule has 0 radical (unpaired) electrons. The molecule has 136 valence electrons. The number of hydrogen-bond acceptors (Lipinski definition) is 3. The summed E-state index contributed by atoms with van der Waals surface area (Å²) in [7, 11) is 0.